The minimum atomic E-state index is -5.02. The molecule has 1 aromatic carbocycles. The van der Waals surface area contributed by atoms with Crippen LogP contribution in [0.25, 0.3) is 0 Å². The lowest BCUT2D eigenvalue weighted by Gasteiger charge is -2.27. The fourth-order valence-electron chi connectivity index (χ4n) is 1.57. The van der Waals surface area contributed by atoms with Crippen LogP contribution in [0.15, 0.2) is 43.0 Å². The Labute approximate surface area is 108 Å². The van der Waals surface area contributed by atoms with Crippen LogP contribution in [0.3, 0.4) is 0 Å². The van der Waals surface area contributed by atoms with Gasteiger partial charge in [0.25, 0.3) is 0 Å². The summed E-state index contributed by atoms with van der Waals surface area (Å²) in [5, 5.41) is 9.05. The van der Waals surface area contributed by atoms with Crippen LogP contribution in [-0.2, 0) is 4.79 Å². The van der Waals surface area contributed by atoms with Gasteiger partial charge in [0.1, 0.15) is 6.04 Å². The van der Waals surface area contributed by atoms with Crippen molar-refractivity contribution in [1.29, 1.82) is 5.26 Å². The van der Waals surface area contributed by atoms with Crippen LogP contribution in [0.4, 0.5) is 13.2 Å². The predicted molar refractivity (Wildman–Crippen MR) is 62.8 cm³/mol. The number of hydrogen-bond acceptors (Lipinski definition) is 2. The van der Waals surface area contributed by atoms with Gasteiger partial charge in [-0.05, 0) is 5.56 Å². The highest BCUT2D eigenvalue weighted by atomic mass is 19.4. The van der Waals surface area contributed by atoms with Crippen molar-refractivity contribution in [2.45, 2.75) is 12.2 Å². The number of nitrogens with zero attached hydrogens (tertiary/aromatic N) is 2. The topological polar surface area (TPSA) is 44.1 Å². The summed E-state index contributed by atoms with van der Waals surface area (Å²) in [5.41, 5.74) is 0.324. The molecule has 1 unspecified atom stereocenters. The molecule has 1 amide bonds. The van der Waals surface area contributed by atoms with Gasteiger partial charge in [0.15, 0.2) is 0 Å². The van der Waals surface area contributed by atoms with E-state index in [9.17, 15) is 18.0 Å². The number of carbonyl (C=O) groups is 1. The van der Waals surface area contributed by atoms with Crippen molar-refractivity contribution in [1.82, 2.24) is 4.90 Å². The van der Waals surface area contributed by atoms with Crippen molar-refractivity contribution in [2.24, 2.45) is 0 Å². The van der Waals surface area contributed by atoms with Crippen molar-refractivity contribution < 1.29 is 18.0 Å². The molecule has 0 radical (unpaired) electrons. The fraction of sp³-hybridized carbons (Fsp3) is 0.231. The monoisotopic (exact) mass is 268 g/mol. The maximum absolute atomic E-state index is 12.5. The number of carbonyl (C=O) groups excluding carboxylic acids is 1. The number of hydrogen-bond donors (Lipinski definition) is 0. The Hall–Kier alpha value is -2.29. The first-order chi connectivity index (χ1) is 8.91. The first kappa shape index (κ1) is 14.8. The minimum absolute atomic E-state index is 0.324. The Morgan fingerprint density at radius 3 is 2.42 bits per heavy atom. The molecule has 0 fully saturated rings. The number of alkyl halides is 3. The average Bonchev–Trinajstić information content (AvgIpc) is 2.38. The molecule has 0 bridgehead atoms. The number of amides is 1. The Bertz CT molecular complexity index is 491. The molecule has 0 aliphatic heterocycles. The Balaban J connectivity index is 3.14. The van der Waals surface area contributed by atoms with Crippen LogP contribution in [-0.4, -0.2) is 23.5 Å². The van der Waals surface area contributed by atoms with E-state index >= 15 is 0 Å². The molecule has 19 heavy (non-hydrogen) atoms. The molecule has 3 nitrogen and oxygen atoms in total. The summed E-state index contributed by atoms with van der Waals surface area (Å²) in [6, 6.07) is 8.25. The van der Waals surface area contributed by atoms with E-state index in [0.717, 1.165) is 6.08 Å². The average molecular weight is 268 g/mol. The molecule has 100 valence electrons. The first-order valence-corrected chi connectivity index (χ1v) is 5.35. The molecule has 1 aromatic rings. The van der Waals surface area contributed by atoms with Gasteiger partial charge >= 0.3 is 12.1 Å². The van der Waals surface area contributed by atoms with Crippen LogP contribution in [0.5, 0.6) is 0 Å². The van der Waals surface area contributed by atoms with Gasteiger partial charge in [0.05, 0.1) is 6.07 Å². The summed E-state index contributed by atoms with van der Waals surface area (Å²) in [6.07, 6.45) is -3.87. The van der Waals surface area contributed by atoms with E-state index in [-0.39, 0.29) is 6.54 Å². The lowest BCUT2D eigenvalue weighted by atomic mass is 10.1. The van der Waals surface area contributed by atoms with Gasteiger partial charge in [0, 0.05) is 6.54 Å². The van der Waals surface area contributed by atoms with Crippen molar-refractivity contribution >= 4 is 5.91 Å². The molecular weight excluding hydrogens is 257 g/mol. The molecule has 0 aliphatic carbocycles. The number of benzene rings is 1. The van der Waals surface area contributed by atoms with E-state index in [2.05, 4.69) is 6.58 Å². The molecule has 1 atom stereocenters. The van der Waals surface area contributed by atoms with E-state index in [1.807, 2.05) is 0 Å². The number of halogens is 3. The van der Waals surface area contributed by atoms with Gasteiger partial charge in [-0.1, -0.05) is 36.4 Å². The summed E-state index contributed by atoms with van der Waals surface area (Å²) in [4.78, 5) is 11.8. The minimum Gasteiger partial charge on any atom is -0.311 e. The molecule has 0 aliphatic rings. The second-order valence-electron chi connectivity index (χ2n) is 3.69. The van der Waals surface area contributed by atoms with Gasteiger partial charge in [-0.15, -0.1) is 6.58 Å². The first-order valence-electron chi connectivity index (χ1n) is 5.35. The molecule has 0 spiro atoms. The summed E-state index contributed by atoms with van der Waals surface area (Å²) < 4.78 is 37.5. The third-order valence-corrected chi connectivity index (χ3v) is 2.38. The fourth-order valence-corrected chi connectivity index (χ4v) is 1.57. The number of rotatable bonds is 4. The summed E-state index contributed by atoms with van der Waals surface area (Å²) >= 11 is 0. The van der Waals surface area contributed by atoms with E-state index in [0.29, 0.717) is 10.5 Å². The van der Waals surface area contributed by atoms with Gasteiger partial charge in [-0.2, -0.15) is 18.4 Å². The highest BCUT2D eigenvalue weighted by molar-refractivity contribution is 5.82. The van der Waals surface area contributed by atoms with Gasteiger partial charge in [-0.3, -0.25) is 4.79 Å². The van der Waals surface area contributed by atoms with Crippen LogP contribution >= 0.6 is 0 Å². The van der Waals surface area contributed by atoms with Gasteiger partial charge < -0.3 is 4.90 Å². The van der Waals surface area contributed by atoms with Crippen molar-refractivity contribution in [2.75, 3.05) is 6.54 Å². The standard InChI is InChI=1S/C13H11F3N2O/c1-2-8-18(12(19)13(14,15)16)11(9-17)10-6-4-3-5-7-10/h2-7,11H,1,8H2. The summed E-state index contributed by atoms with van der Waals surface area (Å²) in [6.45, 7) is 2.95. The Morgan fingerprint density at radius 2 is 2.00 bits per heavy atom. The van der Waals surface area contributed by atoms with Crippen LogP contribution in [0, 0.1) is 11.3 Å². The molecule has 1 rings (SSSR count). The quantitative estimate of drug-likeness (QED) is 0.788. The van der Waals surface area contributed by atoms with E-state index in [1.165, 1.54) is 12.1 Å². The third kappa shape index (κ3) is 3.58. The molecule has 0 aromatic heterocycles. The molecule has 0 N–H and O–H groups in total. The largest absolute Gasteiger partial charge is 0.471 e. The molecule has 0 heterocycles. The summed E-state index contributed by atoms with van der Waals surface area (Å²) in [7, 11) is 0. The van der Waals surface area contributed by atoms with Crippen molar-refractivity contribution in [3.8, 4) is 6.07 Å². The van der Waals surface area contributed by atoms with Crippen molar-refractivity contribution in [3.63, 3.8) is 0 Å². The number of nitriles is 1. The van der Waals surface area contributed by atoms with Gasteiger partial charge in [-0.25, -0.2) is 0 Å². The zero-order chi connectivity index (χ0) is 14.5. The maximum Gasteiger partial charge on any atom is 0.471 e. The second kappa shape index (κ2) is 6.05. The Kier molecular flexibility index (Phi) is 4.70. The predicted octanol–water partition coefficient (Wildman–Crippen LogP) is 2.83. The highest BCUT2D eigenvalue weighted by Gasteiger charge is 2.44. The van der Waals surface area contributed by atoms with Crippen molar-refractivity contribution in [3.05, 3.63) is 48.6 Å². The van der Waals surface area contributed by atoms with Crippen LogP contribution in [0.2, 0.25) is 0 Å². The smallest absolute Gasteiger partial charge is 0.311 e. The molecular formula is C13H11F3N2O. The SMILES string of the molecule is C=CCN(C(=O)C(F)(F)F)C(C#N)c1ccccc1. The van der Waals surface area contributed by atoms with E-state index in [4.69, 9.17) is 5.26 Å². The zero-order valence-electron chi connectivity index (χ0n) is 9.89. The van der Waals surface area contributed by atoms with Crippen LogP contribution in [0.1, 0.15) is 11.6 Å². The third-order valence-electron chi connectivity index (χ3n) is 2.38. The second-order valence-corrected chi connectivity index (χ2v) is 3.69. The van der Waals surface area contributed by atoms with E-state index < -0.39 is 18.1 Å². The summed E-state index contributed by atoms with van der Waals surface area (Å²) in [5.74, 6) is -2.05. The van der Waals surface area contributed by atoms with E-state index in [1.54, 1.807) is 24.3 Å². The lowest BCUT2D eigenvalue weighted by Crippen LogP contribution is -2.43. The molecule has 6 heteroatoms. The highest BCUT2D eigenvalue weighted by Crippen LogP contribution is 2.26. The molecule has 0 saturated heterocycles. The maximum atomic E-state index is 12.5. The van der Waals surface area contributed by atoms with Crippen LogP contribution < -0.4 is 0 Å². The lowest BCUT2D eigenvalue weighted by molar-refractivity contribution is -0.186. The molecule has 0 saturated carbocycles. The van der Waals surface area contributed by atoms with Gasteiger partial charge in [0.2, 0.25) is 0 Å². The normalized spacial score (nSPS) is 12.3. The Morgan fingerprint density at radius 1 is 1.42 bits per heavy atom. The zero-order valence-corrected chi connectivity index (χ0v) is 9.89.